The van der Waals surface area contributed by atoms with Crippen LogP contribution < -0.4 is 5.32 Å². The first kappa shape index (κ1) is 30.4. The van der Waals surface area contributed by atoms with Crippen LogP contribution in [0, 0.1) is 5.82 Å². The van der Waals surface area contributed by atoms with E-state index in [4.69, 9.17) is 4.74 Å². The zero-order chi connectivity index (χ0) is 31.1. The third-order valence-electron chi connectivity index (χ3n) is 7.92. The molecule has 0 aliphatic carbocycles. The van der Waals surface area contributed by atoms with Gasteiger partial charge in [-0.05, 0) is 66.8 Å². The second-order valence-electron chi connectivity index (χ2n) is 10.8. The number of halogens is 1. The van der Waals surface area contributed by atoms with Gasteiger partial charge in [-0.15, -0.1) is 0 Å². The molecular formula is C37H35FN2O4. The minimum Gasteiger partial charge on any atom is -0.463 e. The summed E-state index contributed by atoms with van der Waals surface area (Å²) >= 11 is 0. The van der Waals surface area contributed by atoms with Crippen molar-refractivity contribution in [1.82, 2.24) is 10.2 Å². The Balaban J connectivity index is 1.34. The standard InChI is InChI=1S/C37H35FN2O4/c1-3-44-37(43)35-25(2)40(34(41)23-32(35)30-15-10-16-31(38)22-30)24-27-17-19-29(20-18-27)36(42)39-33(28-13-8-5-9-14-28)21-26-11-6-4-7-12-26/h4-20,22,32-33H,3,21,23-24H2,1-2H3,(H,39,42). The molecule has 7 heteroatoms. The minimum atomic E-state index is -0.604. The zero-order valence-electron chi connectivity index (χ0n) is 24.8. The van der Waals surface area contributed by atoms with E-state index < -0.39 is 17.7 Å². The van der Waals surface area contributed by atoms with Crippen molar-refractivity contribution < 1.29 is 23.5 Å². The number of carbonyl (C=O) groups excluding carboxylic acids is 3. The van der Waals surface area contributed by atoms with Crippen molar-refractivity contribution in [2.24, 2.45) is 0 Å². The van der Waals surface area contributed by atoms with Gasteiger partial charge in [0.1, 0.15) is 5.82 Å². The van der Waals surface area contributed by atoms with E-state index in [1.165, 1.54) is 12.1 Å². The van der Waals surface area contributed by atoms with E-state index >= 15 is 0 Å². The summed E-state index contributed by atoms with van der Waals surface area (Å²) in [6, 6.07) is 32.8. The Morgan fingerprint density at radius 3 is 2.25 bits per heavy atom. The van der Waals surface area contributed by atoms with Gasteiger partial charge in [-0.2, -0.15) is 0 Å². The van der Waals surface area contributed by atoms with Crippen molar-refractivity contribution in [2.45, 2.75) is 45.2 Å². The first-order chi connectivity index (χ1) is 21.3. The zero-order valence-corrected chi connectivity index (χ0v) is 24.8. The van der Waals surface area contributed by atoms with Crippen LogP contribution in [0.25, 0.3) is 0 Å². The highest BCUT2D eigenvalue weighted by Crippen LogP contribution is 2.38. The molecular weight excluding hydrogens is 555 g/mol. The maximum Gasteiger partial charge on any atom is 0.336 e. The molecule has 1 heterocycles. The molecule has 0 radical (unpaired) electrons. The summed E-state index contributed by atoms with van der Waals surface area (Å²) in [6.45, 7) is 3.83. The number of hydrogen-bond donors (Lipinski definition) is 1. The Morgan fingerprint density at radius 1 is 0.909 bits per heavy atom. The summed E-state index contributed by atoms with van der Waals surface area (Å²) in [5.41, 5.74) is 4.80. The number of amides is 2. The van der Waals surface area contributed by atoms with Crippen LogP contribution in [-0.4, -0.2) is 29.3 Å². The van der Waals surface area contributed by atoms with Crippen LogP contribution in [0.5, 0.6) is 0 Å². The van der Waals surface area contributed by atoms with Crippen molar-refractivity contribution in [3.8, 4) is 0 Å². The van der Waals surface area contributed by atoms with Crippen LogP contribution in [0.1, 0.15) is 64.8 Å². The summed E-state index contributed by atoms with van der Waals surface area (Å²) in [5, 5.41) is 3.18. The van der Waals surface area contributed by atoms with Crippen molar-refractivity contribution in [1.29, 1.82) is 0 Å². The van der Waals surface area contributed by atoms with Gasteiger partial charge in [-0.1, -0.05) is 84.9 Å². The average Bonchev–Trinajstić information content (AvgIpc) is 3.03. The van der Waals surface area contributed by atoms with E-state index in [-0.39, 0.29) is 37.4 Å². The number of benzene rings is 4. The number of esters is 1. The largest absolute Gasteiger partial charge is 0.463 e. The van der Waals surface area contributed by atoms with E-state index in [2.05, 4.69) is 5.32 Å². The minimum absolute atomic E-state index is 0.0116. The molecule has 0 saturated heterocycles. The number of carbonyl (C=O) groups is 3. The van der Waals surface area contributed by atoms with Gasteiger partial charge in [0.25, 0.3) is 5.91 Å². The highest BCUT2D eigenvalue weighted by Gasteiger charge is 2.37. The normalized spacial score (nSPS) is 15.6. The van der Waals surface area contributed by atoms with E-state index in [1.807, 2.05) is 72.8 Å². The van der Waals surface area contributed by atoms with E-state index in [0.717, 1.165) is 16.7 Å². The quantitative estimate of drug-likeness (QED) is 0.204. The van der Waals surface area contributed by atoms with Crippen molar-refractivity contribution >= 4 is 17.8 Å². The first-order valence-corrected chi connectivity index (χ1v) is 14.8. The van der Waals surface area contributed by atoms with Crippen molar-refractivity contribution in [3.05, 3.63) is 154 Å². The topological polar surface area (TPSA) is 75.7 Å². The van der Waals surface area contributed by atoms with Crippen LogP contribution in [0.15, 0.2) is 120 Å². The molecule has 44 heavy (non-hydrogen) atoms. The van der Waals surface area contributed by atoms with Crippen LogP contribution in [0.2, 0.25) is 0 Å². The second kappa shape index (κ2) is 14.0. The highest BCUT2D eigenvalue weighted by molar-refractivity contribution is 5.96. The predicted molar refractivity (Wildman–Crippen MR) is 167 cm³/mol. The molecule has 0 saturated carbocycles. The maximum atomic E-state index is 14.0. The lowest BCUT2D eigenvalue weighted by Gasteiger charge is -2.34. The molecule has 5 rings (SSSR count). The number of nitrogens with zero attached hydrogens (tertiary/aromatic N) is 1. The lowest BCUT2D eigenvalue weighted by Crippen LogP contribution is -2.38. The van der Waals surface area contributed by atoms with Gasteiger partial charge in [0.05, 0.1) is 24.8 Å². The molecule has 224 valence electrons. The summed E-state index contributed by atoms with van der Waals surface area (Å²) < 4.78 is 19.4. The van der Waals surface area contributed by atoms with Crippen LogP contribution in [-0.2, 0) is 27.3 Å². The predicted octanol–water partition coefficient (Wildman–Crippen LogP) is 6.89. The molecule has 4 aromatic rings. The third-order valence-corrected chi connectivity index (χ3v) is 7.92. The monoisotopic (exact) mass is 590 g/mol. The fourth-order valence-corrected chi connectivity index (χ4v) is 5.66. The Bertz CT molecular complexity index is 1650. The summed E-state index contributed by atoms with van der Waals surface area (Å²) in [4.78, 5) is 41.3. The van der Waals surface area contributed by atoms with Gasteiger partial charge in [-0.25, -0.2) is 9.18 Å². The van der Waals surface area contributed by atoms with Crippen LogP contribution >= 0.6 is 0 Å². The summed E-state index contributed by atoms with van der Waals surface area (Å²) in [7, 11) is 0. The third kappa shape index (κ3) is 7.11. The maximum absolute atomic E-state index is 14.0. The fourth-order valence-electron chi connectivity index (χ4n) is 5.66. The molecule has 1 aliphatic rings. The van der Waals surface area contributed by atoms with Gasteiger partial charge >= 0.3 is 5.97 Å². The first-order valence-electron chi connectivity index (χ1n) is 14.8. The van der Waals surface area contributed by atoms with Crippen LogP contribution in [0.4, 0.5) is 4.39 Å². The molecule has 0 fully saturated rings. The Morgan fingerprint density at radius 2 is 1.59 bits per heavy atom. The van der Waals surface area contributed by atoms with Gasteiger partial charge in [0.2, 0.25) is 5.91 Å². The van der Waals surface area contributed by atoms with Gasteiger partial charge in [0, 0.05) is 23.6 Å². The van der Waals surface area contributed by atoms with E-state index in [1.54, 1.807) is 43.0 Å². The second-order valence-corrected chi connectivity index (χ2v) is 10.8. The van der Waals surface area contributed by atoms with E-state index in [0.29, 0.717) is 28.8 Å². The van der Waals surface area contributed by atoms with Gasteiger partial charge in [0.15, 0.2) is 0 Å². The Labute approximate surface area is 257 Å². The Hall–Kier alpha value is -5.04. The molecule has 2 amide bonds. The average molecular weight is 591 g/mol. The number of rotatable bonds is 10. The molecule has 1 N–H and O–H groups in total. The molecule has 2 unspecified atom stereocenters. The number of ether oxygens (including phenoxy) is 1. The lowest BCUT2D eigenvalue weighted by molar-refractivity contribution is -0.140. The van der Waals surface area contributed by atoms with E-state index in [9.17, 15) is 18.8 Å². The lowest BCUT2D eigenvalue weighted by atomic mass is 9.83. The molecule has 0 aromatic heterocycles. The van der Waals surface area contributed by atoms with Gasteiger partial charge < -0.3 is 15.0 Å². The fraction of sp³-hybridized carbons (Fsp3) is 0.216. The van der Waals surface area contributed by atoms with Crippen LogP contribution in [0.3, 0.4) is 0 Å². The molecule has 6 nitrogen and oxygen atoms in total. The highest BCUT2D eigenvalue weighted by atomic mass is 19.1. The molecule has 1 aliphatic heterocycles. The summed E-state index contributed by atoms with van der Waals surface area (Å²) in [5.74, 6) is -1.94. The number of nitrogens with one attached hydrogen (secondary N) is 1. The smallest absolute Gasteiger partial charge is 0.336 e. The summed E-state index contributed by atoms with van der Waals surface area (Å²) in [6.07, 6.45) is 0.661. The van der Waals surface area contributed by atoms with Gasteiger partial charge in [-0.3, -0.25) is 9.59 Å². The number of hydrogen-bond acceptors (Lipinski definition) is 4. The Kier molecular flexibility index (Phi) is 9.65. The number of allylic oxidation sites excluding steroid dienone is 1. The molecule has 2 atom stereocenters. The SMILES string of the molecule is CCOC(=O)C1=C(C)N(Cc2ccc(C(=O)NC(Cc3ccccc3)c3ccccc3)cc2)C(=O)CC1c1cccc(F)c1. The molecule has 0 spiro atoms. The molecule has 4 aromatic carbocycles. The van der Waals surface area contributed by atoms with Crippen molar-refractivity contribution in [2.75, 3.05) is 6.61 Å². The molecule has 0 bridgehead atoms. The van der Waals surface area contributed by atoms with Crippen molar-refractivity contribution in [3.63, 3.8) is 0 Å².